The fourth-order valence-corrected chi connectivity index (χ4v) is 3.98. The Labute approximate surface area is 183 Å². The van der Waals surface area contributed by atoms with E-state index in [9.17, 15) is 9.59 Å². The van der Waals surface area contributed by atoms with Gasteiger partial charge in [0.15, 0.2) is 23.1 Å². The van der Waals surface area contributed by atoms with E-state index in [2.05, 4.69) is 15.2 Å². The van der Waals surface area contributed by atoms with E-state index in [1.54, 1.807) is 26.0 Å². The second-order valence-electron chi connectivity index (χ2n) is 6.68. The third-order valence-electron chi connectivity index (χ3n) is 4.71. The molecule has 0 aliphatic carbocycles. The summed E-state index contributed by atoms with van der Waals surface area (Å²) in [6, 6.07) is 3.39. The Balaban J connectivity index is 1.78. The van der Waals surface area contributed by atoms with Crippen molar-refractivity contribution in [2.24, 2.45) is 0 Å². The van der Waals surface area contributed by atoms with Crippen LogP contribution < -0.4 is 14.2 Å². The average molecular weight is 445 g/mol. The second-order valence-corrected chi connectivity index (χ2v) is 7.61. The van der Waals surface area contributed by atoms with Crippen LogP contribution in [0.3, 0.4) is 0 Å². The van der Waals surface area contributed by atoms with Crippen LogP contribution in [-0.2, 0) is 0 Å². The maximum absolute atomic E-state index is 12.6. The SMILES string of the molecule is COc1cc(-c2nnc(SCC(=O)c3[nH]c(C)c(C(C)=O)c3C)o2)cc(OC)c1OC. The Hall–Kier alpha value is -3.27. The molecule has 0 atom stereocenters. The second kappa shape index (κ2) is 9.25. The molecular formula is C21H23N3O6S. The first-order valence-electron chi connectivity index (χ1n) is 9.30. The number of nitrogens with zero attached hydrogens (tertiary/aromatic N) is 2. The highest BCUT2D eigenvalue weighted by Gasteiger charge is 2.21. The van der Waals surface area contributed by atoms with Gasteiger partial charge in [-0.1, -0.05) is 11.8 Å². The number of aryl methyl sites for hydroxylation is 1. The molecule has 0 fully saturated rings. The zero-order valence-electron chi connectivity index (χ0n) is 18.1. The molecular weight excluding hydrogens is 422 g/mol. The molecule has 0 aliphatic rings. The van der Waals surface area contributed by atoms with Gasteiger partial charge in [0.05, 0.1) is 32.8 Å². The molecule has 0 saturated carbocycles. The number of ketones is 2. The van der Waals surface area contributed by atoms with Crippen molar-refractivity contribution in [3.63, 3.8) is 0 Å². The first kappa shape index (κ1) is 22.4. The number of benzene rings is 1. The van der Waals surface area contributed by atoms with Gasteiger partial charge in [-0.05, 0) is 38.5 Å². The fourth-order valence-electron chi connectivity index (χ4n) is 3.35. The lowest BCUT2D eigenvalue weighted by molar-refractivity contribution is 0.101. The molecule has 10 heteroatoms. The van der Waals surface area contributed by atoms with Crippen LogP contribution in [0.25, 0.3) is 11.5 Å². The topological polar surface area (TPSA) is 117 Å². The van der Waals surface area contributed by atoms with Crippen molar-refractivity contribution in [2.75, 3.05) is 27.1 Å². The molecule has 0 amide bonds. The number of thioether (sulfide) groups is 1. The maximum Gasteiger partial charge on any atom is 0.277 e. The Kier molecular flexibility index (Phi) is 6.69. The summed E-state index contributed by atoms with van der Waals surface area (Å²) < 4.78 is 21.7. The maximum atomic E-state index is 12.6. The molecule has 0 bridgehead atoms. The molecule has 9 nitrogen and oxygen atoms in total. The van der Waals surface area contributed by atoms with E-state index in [1.165, 1.54) is 28.3 Å². The van der Waals surface area contributed by atoms with Crippen molar-refractivity contribution in [3.8, 4) is 28.7 Å². The van der Waals surface area contributed by atoms with Crippen LogP contribution in [0.15, 0.2) is 21.8 Å². The van der Waals surface area contributed by atoms with Crippen LogP contribution in [-0.4, -0.2) is 53.8 Å². The summed E-state index contributed by atoms with van der Waals surface area (Å²) in [5.74, 6) is 1.46. The molecule has 164 valence electrons. The lowest BCUT2D eigenvalue weighted by atomic mass is 10.1. The third-order valence-corrected chi connectivity index (χ3v) is 5.53. The average Bonchev–Trinajstić information content (AvgIpc) is 3.34. The van der Waals surface area contributed by atoms with E-state index in [0.29, 0.717) is 45.3 Å². The number of nitrogens with one attached hydrogen (secondary N) is 1. The Morgan fingerprint density at radius 2 is 1.71 bits per heavy atom. The van der Waals surface area contributed by atoms with E-state index >= 15 is 0 Å². The smallest absolute Gasteiger partial charge is 0.277 e. The Bertz CT molecular complexity index is 1110. The molecule has 31 heavy (non-hydrogen) atoms. The number of rotatable bonds is 9. The fraction of sp³-hybridized carbons (Fsp3) is 0.333. The van der Waals surface area contributed by atoms with Crippen molar-refractivity contribution in [1.29, 1.82) is 0 Å². The van der Waals surface area contributed by atoms with Crippen LogP contribution in [0.2, 0.25) is 0 Å². The number of hydrogen-bond donors (Lipinski definition) is 1. The van der Waals surface area contributed by atoms with Crippen LogP contribution >= 0.6 is 11.8 Å². The Morgan fingerprint density at radius 1 is 1.06 bits per heavy atom. The molecule has 0 spiro atoms. The Morgan fingerprint density at radius 3 is 2.23 bits per heavy atom. The highest BCUT2D eigenvalue weighted by atomic mass is 32.2. The minimum absolute atomic E-state index is 0.0784. The molecule has 0 saturated heterocycles. The molecule has 3 rings (SSSR count). The molecule has 1 N–H and O–H groups in total. The number of ether oxygens (including phenoxy) is 3. The molecule has 0 unspecified atom stereocenters. The number of H-pyrrole nitrogens is 1. The number of aromatic nitrogens is 3. The van der Waals surface area contributed by atoms with E-state index in [-0.39, 0.29) is 28.4 Å². The van der Waals surface area contributed by atoms with Crippen LogP contribution in [0.5, 0.6) is 17.2 Å². The quantitative estimate of drug-likeness (QED) is 0.387. The van der Waals surface area contributed by atoms with Gasteiger partial charge in [0.25, 0.3) is 5.22 Å². The van der Waals surface area contributed by atoms with Gasteiger partial charge in [0.1, 0.15) is 0 Å². The van der Waals surface area contributed by atoms with Crippen molar-refractivity contribution < 1.29 is 28.2 Å². The molecule has 2 aromatic heterocycles. The molecule has 3 aromatic rings. The first-order valence-corrected chi connectivity index (χ1v) is 10.3. The molecule has 1 aromatic carbocycles. The summed E-state index contributed by atoms with van der Waals surface area (Å²) in [4.78, 5) is 27.4. The zero-order chi connectivity index (χ0) is 22.7. The van der Waals surface area contributed by atoms with Gasteiger partial charge in [-0.3, -0.25) is 9.59 Å². The predicted octanol–water partition coefficient (Wildman–Crippen LogP) is 3.88. The highest BCUT2D eigenvalue weighted by Crippen LogP contribution is 2.41. The van der Waals surface area contributed by atoms with E-state index in [1.807, 2.05) is 0 Å². The standard InChI is InChI=1S/C21H23N3O6S/c1-10-17(12(3)25)11(2)22-18(10)14(26)9-31-21-24-23-20(30-21)13-7-15(27-4)19(29-6)16(8-13)28-5/h7-8,22H,9H2,1-6H3. The number of Topliss-reactive ketones (excluding diaryl/α,β-unsaturated/α-hetero) is 2. The van der Waals surface area contributed by atoms with Crippen molar-refractivity contribution in [1.82, 2.24) is 15.2 Å². The monoisotopic (exact) mass is 445 g/mol. The van der Waals surface area contributed by atoms with Gasteiger partial charge in [0, 0.05) is 16.8 Å². The van der Waals surface area contributed by atoms with Crippen LogP contribution in [0.1, 0.15) is 39.0 Å². The van der Waals surface area contributed by atoms with Gasteiger partial charge in [0.2, 0.25) is 11.6 Å². The largest absolute Gasteiger partial charge is 0.493 e. The van der Waals surface area contributed by atoms with Crippen molar-refractivity contribution in [2.45, 2.75) is 26.0 Å². The number of aromatic amines is 1. The summed E-state index contributed by atoms with van der Waals surface area (Å²) in [5, 5.41) is 8.29. The van der Waals surface area contributed by atoms with Gasteiger partial charge < -0.3 is 23.6 Å². The zero-order valence-corrected chi connectivity index (χ0v) is 18.9. The lowest BCUT2D eigenvalue weighted by Crippen LogP contribution is -2.05. The van der Waals surface area contributed by atoms with Crippen molar-refractivity contribution in [3.05, 3.63) is 34.6 Å². The molecule has 0 aliphatic heterocycles. The third kappa shape index (κ3) is 4.43. The minimum atomic E-state index is -0.161. The number of carbonyl (C=O) groups is 2. The van der Waals surface area contributed by atoms with Gasteiger partial charge in [-0.25, -0.2) is 0 Å². The summed E-state index contributed by atoms with van der Waals surface area (Å²) >= 11 is 1.12. The number of carbonyl (C=O) groups excluding carboxylic acids is 2. The van der Waals surface area contributed by atoms with Crippen LogP contribution in [0.4, 0.5) is 0 Å². The van der Waals surface area contributed by atoms with Crippen LogP contribution in [0, 0.1) is 13.8 Å². The highest BCUT2D eigenvalue weighted by molar-refractivity contribution is 7.99. The van der Waals surface area contributed by atoms with Gasteiger partial charge in [-0.2, -0.15) is 0 Å². The first-order chi connectivity index (χ1) is 14.8. The number of hydrogen-bond acceptors (Lipinski definition) is 9. The van der Waals surface area contributed by atoms with E-state index in [4.69, 9.17) is 18.6 Å². The summed E-state index contributed by atoms with van der Waals surface area (Å²) in [7, 11) is 4.55. The predicted molar refractivity (Wildman–Crippen MR) is 115 cm³/mol. The summed E-state index contributed by atoms with van der Waals surface area (Å²) in [6.45, 7) is 5.01. The van der Waals surface area contributed by atoms with Gasteiger partial charge in [-0.15, -0.1) is 10.2 Å². The van der Waals surface area contributed by atoms with E-state index in [0.717, 1.165) is 11.8 Å². The summed E-state index contributed by atoms with van der Waals surface area (Å²) in [6.07, 6.45) is 0. The summed E-state index contributed by atoms with van der Waals surface area (Å²) in [5.41, 5.74) is 2.89. The normalized spacial score (nSPS) is 10.8. The molecule has 2 heterocycles. The minimum Gasteiger partial charge on any atom is -0.493 e. The van der Waals surface area contributed by atoms with Crippen molar-refractivity contribution >= 4 is 23.3 Å². The lowest BCUT2D eigenvalue weighted by Gasteiger charge is -2.12. The van der Waals surface area contributed by atoms with E-state index < -0.39 is 0 Å². The number of methoxy groups -OCH3 is 3. The van der Waals surface area contributed by atoms with Gasteiger partial charge >= 0.3 is 0 Å². The molecule has 0 radical (unpaired) electrons.